The minimum Gasteiger partial charge on any atom is -0.508 e. The summed E-state index contributed by atoms with van der Waals surface area (Å²) in [5, 5.41) is 15.5. The van der Waals surface area contributed by atoms with Crippen molar-refractivity contribution in [1.29, 1.82) is 0 Å². The number of halogens is 1. The molecule has 5 heteroatoms. The zero-order valence-electron chi connectivity index (χ0n) is 13.3. The number of rotatable bonds is 5. The first kappa shape index (κ1) is 16.0. The lowest BCUT2D eigenvalue weighted by atomic mass is 10.0. The fourth-order valence-corrected chi connectivity index (χ4v) is 3.24. The Kier molecular flexibility index (Phi) is 4.68. The molecule has 0 spiro atoms. The summed E-state index contributed by atoms with van der Waals surface area (Å²) in [5.74, 6) is 0.276. The van der Waals surface area contributed by atoms with Crippen LogP contribution < -0.4 is 0 Å². The molecule has 3 aromatic rings. The van der Waals surface area contributed by atoms with Crippen LogP contribution >= 0.6 is 15.9 Å². The van der Waals surface area contributed by atoms with Gasteiger partial charge in [0.25, 0.3) is 0 Å². The van der Waals surface area contributed by atoms with E-state index in [1.165, 1.54) is 0 Å². The number of hydrogen-bond acceptors (Lipinski definition) is 3. The molecule has 0 saturated carbocycles. The Morgan fingerprint density at radius 1 is 1.13 bits per heavy atom. The molecule has 0 amide bonds. The van der Waals surface area contributed by atoms with Crippen molar-refractivity contribution in [2.75, 3.05) is 20.6 Å². The lowest BCUT2D eigenvalue weighted by Crippen LogP contribution is -2.15. The van der Waals surface area contributed by atoms with Crippen molar-refractivity contribution in [3.8, 4) is 16.9 Å². The predicted octanol–water partition coefficient (Wildman–Crippen LogP) is 4.12. The summed E-state index contributed by atoms with van der Waals surface area (Å²) in [4.78, 5) is 2.18. The summed E-state index contributed by atoms with van der Waals surface area (Å²) in [6.45, 7) is 1.92. The number of nitrogens with zero attached hydrogens (tertiary/aromatic N) is 3. The smallest absolute Gasteiger partial charge is 0.116 e. The van der Waals surface area contributed by atoms with Gasteiger partial charge in [-0.3, -0.25) is 4.68 Å². The van der Waals surface area contributed by atoms with E-state index >= 15 is 0 Å². The summed E-state index contributed by atoms with van der Waals surface area (Å²) in [6.07, 6.45) is 1.05. The quantitative estimate of drug-likeness (QED) is 0.730. The van der Waals surface area contributed by atoms with Crippen LogP contribution in [-0.2, 0) is 6.54 Å². The van der Waals surface area contributed by atoms with E-state index in [0.717, 1.165) is 46.1 Å². The van der Waals surface area contributed by atoms with E-state index in [0.29, 0.717) is 0 Å². The minimum absolute atomic E-state index is 0.276. The topological polar surface area (TPSA) is 41.3 Å². The van der Waals surface area contributed by atoms with Gasteiger partial charge in [-0.2, -0.15) is 5.10 Å². The van der Waals surface area contributed by atoms with Gasteiger partial charge in [0.2, 0.25) is 0 Å². The van der Waals surface area contributed by atoms with Crippen molar-refractivity contribution in [2.24, 2.45) is 0 Å². The van der Waals surface area contributed by atoms with E-state index < -0.39 is 0 Å². The molecule has 4 nitrogen and oxygen atoms in total. The second-order valence-corrected chi connectivity index (χ2v) is 6.70. The summed E-state index contributed by atoms with van der Waals surface area (Å²) < 4.78 is 3.04. The molecule has 1 N–H and O–H groups in total. The number of fused-ring (bicyclic) bond motifs is 1. The lowest BCUT2D eigenvalue weighted by molar-refractivity contribution is 0.380. The highest BCUT2D eigenvalue weighted by Crippen LogP contribution is 2.30. The van der Waals surface area contributed by atoms with Crippen molar-refractivity contribution in [2.45, 2.75) is 13.0 Å². The first-order chi connectivity index (χ1) is 11.0. The molecule has 0 aliphatic rings. The Labute approximate surface area is 144 Å². The highest BCUT2D eigenvalue weighted by molar-refractivity contribution is 9.10. The van der Waals surface area contributed by atoms with Crippen LogP contribution in [0.1, 0.15) is 6.42 Å². The van der Waals surface area contributed by atoms with Gasteiger partial charge < -0.3 is 10.0 Å². The number of benzene rings is 2. The van der Waals surface area contributed by atoms with Gasteiger partial charge in [-0.15, -0.1) is 0 Å². The van der Waals surface area contributed by atoms with Crippen molar-refractivity contribution in [1.82, 2.24) is 14.7 Å². The highest BCUT2D eigenvalue weighted by Gasteiger charge is 2.10. The average Bonchev–Trinajstić information content (AvgIpc) is 2.83. The molecule has 23 heavy (non-hydrogen) atoms. The molecule has 0 fully saturated rings. The Balaban J connectivity index is 1.91. The normalized spacial score (nSPS) is 11.5. The molecule has 2 aromatic carbocycles. The second kappa shape index (κ2) is 6.72. The molecule has 0 unspecified atom stereocenters. The minimum atomic E-state index is 0.276. The maximum Gasteiger partial charge on any atom is 0.116 e. The van der Waals surface area contributed by atoms with Gasteiger partial charge in [-0.1, -0.05) is 18.2 Å². The molecule has 1 aromatic heterocycles. The van der Waals surface area contributed by atoms with Crippen LogP contribution in [0.15, 0.2) is 47.1 Å². The van der Waals surface area contributed by atoms with Gasteiger partial charge in [0.05, 0.1) is 5.52 Å². The number of aromatic hydroxyl groups is 1. The van der Waals surface area contributed by atoms with Gasteiger partial charge >= 0.3 is 0 Å². The largest absolute Gasteiger partial charge is 0.508 e. The summed E-state index contributed by atoms with van der Waals surface area (Å²) in [5.41, 5.74) is 3.01. The monoisotopic (exact) mass is 373 g/mol. The van der Waals surface area contributed by atoms with Crippen LogP contribution in [0.5, 0.6) is 5.75 Å². The Morgan fingerprint density at radius 3 is 2.65 bits per heavy atom. The van der Waals surface area contributed by atoms with Crippen LogP contribution in [0.2, 0.25) is 0 Å². The first-order valence-electron chi connectivity index (χ1n) is 7.65. The highest BCUT2D eigenvalue weighted by atomic mass is 79.9. The van der Waals surface area contributed by atoms with E-state index in [1.54, 1.807) is 12.1 Å². The van der Waals surface area contributed by atoms with Gasteiger partial charge in [-0.25, -0.2) is 0 Å². The molecule has 0 atom stereocenters. The van der Waals surface area contributed by atoms with Crippen LogP contribution in [0, 0.1) is 0 Å². The van der Waals surface area contributed by atoms with Crippen LogP contribution in [-0.4, -0.2) is 40.4 Å². The molecular formula is C18H20BrN3O. The van der Waals surface area contributed by atoms with Crippen molar-refractivity contribution >= 4 is 26.8 Å². The number of phenolic OH excluding ortho intramolecular Hbond substituents is 1. The number of aryl methyl sites for hydroxylation is 1. The average molecular weight is 374 g/mol. The third-order valence-corrected chi connectivity index (χ3v) is 4.67. The third-order valence-electron chi connectivity index (χ3n) is 3.83. The predicted molar refractivity (Wildman–Crippen MR) is 97.7 cm³/mol. The molecule has 0 aliphatic heterocycles. The molecule has 0 saturated heterocycles. The zero-order valence-corrected chi connectivity index (χ0v) is 14.9. The fraction of sp³-hybridized carbons (Fsp3) is 0.278. The molecule has 120 valence electrons. The third kappa shape index (κ3) is 3.57. The molecule has 0 aliphatic carbocycles. The fourth-order valence-electron chi connectivity index (χ4n) is 2.65. The van der Waals surface area contributed by atoms with E-state index in [2.05, 4.69) is 53.1 Å². The van der Waals surface area contributed by atoms with Gasteiger partial charge in [-0.05, 0) is 78.4 Å². The molecule has 0 bridgehead atoms. The SMILES string of the molecule is CN(C)CCCn1nc2cc(-c3cccc(O)c3)ccc2c1Br. The Morgan fingerprint density at radius 2 is 1.91 bits per heavy atom. The molecule has 0 radical (unpaired) electrons. The Hall–Kier alpha value is -1.85. The second-order valence-electron chi connectivity index (χ2n) is 5.95. The van der Waals surface area contributed by atoms with Crippen LogP contribution in [0.25, 0.3) is 22.0 Å². The van der Waals surface area contributed by atoms with E-state index in [9.17, 15) is 5.11 Å². The molecule has 3 rings (SSSR count). The van der Waals surface area contributed by atoms with Crippen LogP contribution in [0.3, 0.4) is 0 Å². The van der Waals surface area contributed by atoms with Crippen molar-refractivity contribution < 1.29 is 5.11 Å². The maximum absolute atomic E-state index is 9.65. The summed E-state index contributed by atoms with van der Waals surface area (Å²) in [7, 11) is 4.16. The number of phenols is 1. The van der Waals surface area contributed by atoms with E-state index in [1.807, 2.05) is 16.8 Å². The molecule has 1 heterocycles. The van der Waals surface area contributed by atoms with Gasteiger partial charge in [0.1, 0.15) is 10.4 Å². The van der Waals surface area contributed by atoms with E-state index in [4.69, 9.17) is 5.10 Å². The number of hydrogen-bond donors (Lipinski definition) is 1. The zero-order chi connectivity index (χ0) is 16.4. The summed E-state index contributed by atoms with van der Waals surface area (Å²) >= 11 is 3.66. The lowest BCUT2D eigenvalue weighted by Gasteiger charge is -2.09. The first-order valence-corrected chi connectivity index (χ1v) is 8.44. The maximum atomic E-state index is 9.65. The summed E-state index contributed by atoms with van der Waals surface area (Å²) in [6, 6.07) is 13.5. The van der Waals surface area contributed by atoms with Gasteiger partial charge in [0, 0.05) is 11.9 Å². The van der Waals surface area contributed by atoms with Crippen LogP contribution in [0.4, 0.5) is 0 Å². The van der Waals surface area contributed by atoms with E-state index in [-0.39, 0.29) is 5.75 Å². The number of aromatic nitrogens is 2. The standard InChI is InChI=1S/C18H20BrN3O/c1-21(2)9-4-10-22-18(19)16-8-7-14(12-17(16)20-22)13-5-3-6-15(23)11-13/h3,5-8,11-12,23H,4,9-10H2,1-2H3. The van der Waals surface area contributed by atoms with Crippen molar-refractivity contribution in [3.63, 3.8) is 0 Å². The van der Waals surface area contributed by atoms with Gasteiger partial charge in [0.15, 0.2) is 0 Å². The molecular weight excluding hydrogens is 354 g/mol. The van der Waals surface area contributed by atoms with Crippen molar-refractivity contribution in [3.05, 3.63) is 47.1 Å². The Bertz CT molecular complexity index is 826.